The summed E-state index contributed by atoms with van der Waals surface area (Å²) in [6.07, 6.45) is 1.67. The van der Waals surface area contributed by atoms with E-state index in [1.54, 1.807) is 29.7 Å². The molecule has 0 bridgehead atoms. The van der Waals surface area contributed by atoms with Gasteiger partial charge in [0.25, 0.3) is 5.56 Å². The zero-order valence-electron chi connectivity index (χ0n) is 17.2. The molecule has 0 spiro atoms. The van der Waals surface area contributed by atoms with Crippen LogP contribution >= 0.6 is 11.6 Å². The van der Waals surface area contributed by atoms with Crippen LogP contribution in [-0.2, 0) is 11.3 Å². The quantitative estimate of drug-likeness (QED) is 0.416. The molecule has 0 saturated heterocycles. The van der Waals surface area contributed by atoms with Crippen LogP contribution in [0.25, 0.3) is 21.9 Å². The standard InChI is InChI=1S/C24H25ClN2O3/c1-3-21(29)23-22(17-9-5-4-6-10-17)20-15-18(25)11-12-19(20)24(30)27(23)14-8-7-13-26-16(2)28/h4-6,9-12,15H,3,7-8,13-14H2,1-2H3,(H,26,28). The lowest BCUT2D eigenvalue weighted by Gasteiger charge is -2.19. The van der Waals surface area contributed by atoms with Gasteiger partial charge in [-0.1, -0.05) is 48.9 Å². The number of nitrogens with zero attached hydrogens (tertiary/aromatic N) is 1. The lowest BCUT2D eigenvalue weighted by atomic mass is 9.94. The summed E-state index contributed by atoms with van der Waals surface area (Å²) in [5.74, 6) is -0.169. The third kappa shape index (κ3) is 4.62. The molecule has 0 radical (unpaired) electrons. The van der Waals surface area contributed by atoms with E-state index in [2.05, 4.69) is 5.32 Å². The lowest BCUT2D eigenvalue weighted by molar-refractivity contribution is -0.118. The fourth-order valence-corrected chi connectivity index (χ4v) is 3.82. The summed E-state index contributed by atoms with van der Waals surface area (Å²) in [4.78, 5) is 37.4. The Bertz CT molecular complexity index is 1140. The molecule has 156 valence electrons. The lowest BCUT2D eigenvalue weighted by Crippen LogP contribution is -2.28. The number of carbonyl (C=O) groups excluding carboxylic acids is 2. The number of Topliss-reactive ketones (excluding diaryl/α,β-unsaturated/α-hetero) is 1. The molecule has 0 aliphatic heterocycles. The number of amides is 1. The first kappa shape index (κ1) is 21.8. The number of benzene rings is 2. The Morgan fingerprint density at radius 2 is 1.77 bits per heavy atom. The van der Waals surface area contributed by atoms with Gasteiger partial charge in [-0.25, -0.2) is 0 Å². The molecule has 0 fully saturated rings. The number of hydrogen-bond acceptors (Lipinski definition) is 3. The highest BCUT2D eigenvalue weighted by atomic mass is 35.5. The van der Waals surface area contributed by atoms with Crippen molar-refractivity contribution in [3.8, 4) is 11.1 Å². The molecular formula is C24H25ClN2O3. The van der Waals surface area contributed by atoms with E-state index in [4.69, 9.17) is 11.6 Å². The van der Waals surface area contributed by atoms with Crippen molar-refractivity contribution in [1.82, 2.24) is 9.88 Å². The van der Waals surface area contributed by atoms with Gasteiger partial charge < -0.3 is 9.88 Å². The van der Waals surface area contributed by atoms with E-state index in [1.807, 2.05) is 30.3 Å². The minimum absolute atomic E-state index is 0.0806. The zero-order chi connectivity index (χ0) is 21.7. The minimum Gasteiger partial charge on any atom is -0.356 e. The number of aromatic nitrogens is 1. The second-order valence-electron chi connectivity index (χ2n) is 7.20. The first-order chi connectivity index (χ1) is 14.4. The molecule has 1 N–H and O–H groups in total. The normalized spacial score (nSPS) is 10.9. The van der Waals surface area contributed by atoms with Crippen molar-refractivity contribution in [2.24, 2.45) is 0 Å². The maximum Gasteiger partial charge on any atom is 0.259 e. The number of unbranched alkanes of at least 4 members (excludes halogenated alkanes) is 1. The molecular weight excluding hydrogens is 400 g/mol. The summed E-state index contributed by atoms with van der Waals surface area (Å²) < 4.78 is 1.60. The number of halogens is 1. The van der Waals surface area contributed by atoms with Crippen LogP contribution in [0.2, 0.25) is 5.02 Å². The van der Waals surface area contributed by atoms with Crippen LogP contribution in [-0.4, -0.2) is 22.8 Å². The van der Waals surface area contributed by atoms with Gasteiger partial charge in [0, 0.05) is 42.4 Å². The summed E-state index contributed by atoms with van der Waals surface area (Å²) >= 11 is 6.25. The number of rotatable bonds is 8. The third-order valence-electron chi connectivity index (χ3n) is 5.06. The molecule has 1 heterocycles. The highest BCUT2D eigenvalue weighted by molar-refractivity contribution is 6.31. The van der Waals surface area contributed by atoms with Gasteiger partial charge >= 0.3 is 0 Å². The number of pyridine rings is 1. The predicted octanol–water partition coefficient (Wildman–Crippen LogP) is 4.83. The second-order valence-corrected chi connectivity index (χ2v) is 7.64. The van der Waals surface area contributed by atoms with Crippen molar-refractivity contribution >= 4 is 34.1 Å². The maximum atomic E-state index is 13.3. The molecule has 6 heteroatoms. The number of hydrogen-bond donors (Lipinski definition) is 1. The van der Waals surface area contributed by atoms with E-state index < -0.39 is 0 Å². The molecule has 3 aromatic rings. The van der Waals surface area contributed by atoms with E-state index in [-0.39, 0.29) is 23.7 Å². The summed E-state index contributed by atoms with van der Waals surface area (Å²) in [7, 11) is 0. The number of nitrogens with one attached hydrogen (secondary N) is 1. The van der Waals surface area contributed by atoms with E-state index in [1.165, 1.54) is 6.92 Å². The first-order valence-electron chi connectivity index (χ1n) is 10.1. The summed E-state index contributed by atoms with van der Waals surface area (Å²) in [5, 5.41) is 4.50. The Kier molecular flexibility index (Phi) is 7.06. The molecule has 3 rings (SSSR count). The van der Waals surface area contributed by atoms with Crippen molar-refractivity contribution in [3.05, 3.63) is 69.6 Å². The Balaban J connectivity index is 2.20. The summed E-state index contributed by atoms with van der Waals surface area (Å²) in [6.45, 7) is 4.21. The maximum absolute atomic E-state index is 13.3. The van der Waals surface area contributed by atoms with Crippen LogP contribution in [0, 0.1) is 0 Å². The molecule has 0 aliphatic rings. The van der Waals surface area contributed by atoms with Crippen molar-refractivity contribution in [2.75, 3.05) is 6.54 Å². The van der Waals surface area contributed by atoms with Gasteiger partial charge in [0.1, 0.15) is 0 Å². The predicted molar refractivity (Wildman–Crippen MR) is 121 cm³/mol. The number of carbonyl (C=O) groups is 2. The SMILES string of the molecule is CCC(=O)c1c(-c2ccccc2)c2cc(Cl)ccc2c(=O)n1CCCCNC(C)=O. The Hall–Kier alpha value is -2.92. The monoisotopic (exact) mass is 424 g/mol. The fourth-order valence-electron chi connectivity index (χ4n) is 3.65. The van der Waals surface area contributed by atoms with Gasteiger partial charge in [0.15, 0.2) is 5.78 Å². The molecule has 5 nitrogen and oxygen atoms in total. The van der Waals surface area contributed by atoms with Crippen molar-refractivity contribution in [3.63, 3.8) is 0 Å². The van der Waals surface area contributed by atoms with Gasteiger partial charge in [0.05, 0.1) is 5.69 Å². The van der Waals surface area contributed by atoms with Crippen LogP contribution in [0.4, 0.5) is 0 Å². The zero-order valence-corrected chi connectivity index (χ0v) is 18.0. The average molecular weight is 425 g/mol. The number of ketones is 1. The Morgan fingerprint density at radius 1 is 1.03 bits per heavy atom. The van der Waals surface area contributed by atoms with Gasteiger partial charge in [-0.2, -0.15) is 0 Å². The smallest absolute Gasteiger partial charge is 0.259 e. The van der Waals surface area contributed by atoms with E-state index >= 15 is 0 Å². The Labute approximate surface area is 180 Å². The third-order valence-corrected chi connectivity index (χ3v) is 5.30. The first-order valence-corrected chi connectivity index (χ1v) is 10.5. The van der Waals surface area contributed by atoms with E-state index in [0.717, 1.165) is 11.1 Å². The summed E-state index contributed by atoms with van der Waals surface area (Å²) in [6, 6.07) is 14.8. The molecule has 1 amide bonds. The van der Waals surface area contributed by atoms with E-state index in [0.29, 0.717) is 47.4 Å². The van der Waals surface area contributed by atoms with Crippen LogP contribution < -0.4 is 10.9 Å². The largest absolute Gasteiger partial charge is 0.356 e. The Morgan fingerprint density at radius 3 is 2.43 bits per heavy atom. The van der Waals surface area contributed by atoms with Gasteiger partial charge in [-0.15, -0.1) is 0 Å². The number of fused-ring (bicyclic) bond motifs is 1. The highest BCUT2D eigenvalue weighted by Gasteiger charge is 2.22. The van der Waals surface area contributed by atoms with Gasteiger partial charge in [-0.3, -0.25) is 14.4 Å². The van der Waals surface area contributed by atoms with Crippen molar-refractivity contribution in [1.29, 1.82) is 0 Å². The highest BCUT2D eigenvalue weighted by Crippen LogP contribution is 2.33. The topological polar surface area (TPSA) is 68.2 Å². The molecule has 30 heavy (non-hydrogen) atoms. The molecule has 0 saturated carbocycles. The van der Waals surface area contributed by atoms with Crippen molar-refractivity contribution in [2.45, 2.75) is 39.7 Å². The van der Waals surface area contributed by atoms with E-state index in [9.17, 15) is 14.4 Å². The molecule has 1 aromatic heterocycles. The van der Waals surface area contributed by atoms with Crippen molar-refractivity contribution < 1.29 is 9.59 Å². The molecule has 2 aromatic carbocycles. The molecule has 0 aliphatic carbocycles. The van der Waals surface area contributed by atoms with Gasteiger partial charge in [0.2, 0.25) is 5.91 Å². The summed E-state index contributed by atoms with van der Waals surface area (Å²) in [5.41, 5.74) is 1.83. The minimum atomic E-state index is -0.197. The molecule has 0 unspecified atom stereocenters. The van der Waals surface area contributed by atoms with Crippen LogP contribution in [0.3, 0.4) is 0 Å². The van der Waals surface area contributed by atoms with Crippen LogP contribution in [0.5, 0.6) is 0 Å². The average Bonchev–Trinajstić information content (AvgIpc) is 2.74. The molecule has 0 atom stereocenters. The van der Waals surface area contributed by atoms with Crippen LogP contribution in [0.1, 0.15) is 43.6 Å². The van der Waals surface area contributed by atoms with Gasteiger partial charge in [-0.05, 0) is 42.0 Å². The second kappa shape index (κ2) is 9.72. The van der Waals surface area contributed by atoms with Crippen LogP contribution in [0.15, 0.2) is 53.3 Å². The fraction of sp³-hybridized carbons (Fsp3) is 0.292.